The van der Waals surface area contributed by atoms with Gasteiger partial charge in [0.15, 0.2) is 5.78 Å². The number of hydrogen-bond acceptors (Lipinski definition) is 3. The topological polar surface area (TPSA) is 71.4 Å². The Kier molecular flexibility index (Phi) is 3.94. The predicted octanol–water partition coefficient (Wildman–Crippen LogP) is 2.61. The van der Waals surface area contributed by atoms with Gasteiger partial charge >= 0.3 is 6.03 Å². The number of nitrogens with one attached hydrogen (secondary N) is 1. The highest BCUT2D eigenvalue weighted by molar-refractivity contribution is 6.11. The van der Waals surface area contributed by atoms with Gasteiger partial charge in [0.05, 0.1) is 6.54 Å². The molecule has 6 nitrogen and oxygen atoms in total. The van der Waals surface area contributed by atoms with Gasteiger partial charge in [0.2, 0.25) is 0 Å². The van der Waals surface area contributed by atoms with Gasteiger partial charge in [0.25, 0.3) is 5.91 Å². The van der Waals surface area contributed by atoms with E-state index in [2.05, 4.69) is 5.32 Å². The molecule has 0 radical (unpaired) electrons. The minimum Gasteiger partial charge on any atom is -0.351 e. The summed E-state index contributed by atoms with van der Waals surface area (Å²) in [6, 6.07) is 9.05. The van der Waals surface area contributed by atoms with E-state index in [0.717, 1.165) is 40.3 Å². The van der Waals surface area contributed by atoms with Crippen LogP contribution in [0, 0.1) is 13.8 Å². The van der Waals surface area contributed by atoms with Crippen LogP contribution in [0.5, 0.6) is 0 Å². The number of carbonyl (C=O) groups excluding carboxylic acids is 3. The third kappa shape index (κ3) is 2.51. The van der Waals surface area contributed by atoms with Gasteiger partial charge < -0.3 is 9.88 Å². The molecule has 1 fully saturated rings. The van der Waals surface area contributed by atoms with Crippen molar-refractivity contribution in [3.05, 3.63) is 58.4 Å². The summed E-state index contributed by atoms with van der Waals surface area (Å²) in [5, 5.41) is 2.89. The summed E-state index contributed by atoms with van der Waals surface area (Å²) in [5.74, 6) is -0.542. The van der Waals surface area contributed by atoms with E-state index < -0.39 is 11.6 Å². The fourth-order valence-corrected chi connectivity index (χ4v) is 4.32. The third-order valence-electron chi connectivity index (χ3n) is 6.03. The maximum Gasteiger partial charge on any atom is 0.325 e. The van der Waals surface area contributed by atoms with E-state index in [-0.39, 0.29) is 18.2 Å². The second-order valence-corrected chi connectivity index (χ2v) is 7.50. The summed E-state index contributed by atoms with van der Waals surface area (Å²) in [6.07, 6.45) is 2.27. The van der Waals surface area contributed by atoms with Crippen molar-refractivity contribution in [2.45, 2.75) is 38.6 Å². The second kappa shape index (κ2) is 6.08. The van der Waals surface area contributed by atoms with E-state index >= 15 is 0 Å². The summed E-state index contributed by atoms with van der Waals surface area (Å²) in [4.78, 5) is 39.8. The monoisotopic (exact) mass is 365 g/mol. The Labute approximate surface area is 158 Å². The summed E-state index contributed by atoms with van der Waals surface area (Å²) in [7, 11) is 1.89. The molecule has 140 valence electrons. The van der Waals surface area contributed by atoms with Crippen LogP contribution in [-0.4, -0.2) is 33.7 Å². The van der Waals surface area contributed by atoms with Crippen molar-refractivity contribution in [2.24, 2.45) is 7.05 Å². The molecule has 1 aromatic heterocycles. The quantitative estimate of drug-likeness (QED) is 0.671. The molecule has 0 unspecified atom stereocenters. The molecule has 1 aromatic carbocycles. The normalized spacial score (nSPS) is 21.5. The highest BCUT2D eigenvalue weighted by atomic mass is 16.2. The van der Waals surface area contributed by atoms with E-state index in [1.54, 1.807) is 0 Å². The number of aryl methyl sites for hydroxylation is 2. The molecule has 2 heterocycles. The molecule has 27 heavy (non-hydrogen) atoms. The highest BCUT2D eigenvalue weighted by Crippen LogP contribution is 2.39. The number of aromatic nitrogens is 1. The van der Waals surface area contributed by atoms with Crippen LogP contribution in [0.25, 0.3) is 0 Å². The van der Waals surface area contributed by atoms with Gasteiger partial charge in [-0.25, -0.2) is 4.79 Å². The molecule has 1 aliphatic carbocycles. The number of amides is 3. The number of imide groups is 1. The van der Waals surface area contributed by atoms with Gasteiger partial charge in [0, 0.05) is 24.0 Å². The standard InChI is InChI=1S/C21H23N3O3/c1-13-11-16(14(2)23(13)3)18(25)12-24-19(26)21(22-20(24)27)10-6-8-15-7-4-5-9-17(15)21/h4-5,7,9,11H,6,8,10,12H2,1-3H3,(H,22,27)/t21-/m0/s1. The van der Waals surface area contributed by atoms with Crippen molar-refractivity contribution in [3.8, 4) is 0 Å². The summed E-state index contributed by atoms with van der Waals surface area (Å²) >= 11 is 0. The van der Waals surface area contributed by atoms with Crippen molar-refractivity contribution >= 4 is 17.7 Å². The zero-order chi connectivity index (χ0) is 19.3. The van der Waals surface area contributed by atoms with Gasteiger partial charge in [-0.1, -0.05) is 24.3 Å². The van der Waals surface area contributed by atoms with Crippen LogP contribution in [-0.2, 0) is 23.8 Å². The molecule has 4 rings (SSSR count). The summed E-state index contributed by atoms with van der Waals surface area (Å²) in [6.45, 7) is 3.55. The number of carbonyl (C=O) groups is 3. The number of urea groups is 1. The maximum absolute atomic E-state index is 13.3. The van der Waals surface area contributed by atoms with E-state index in [0.29, 0.717) is 12.0 Å². The molecule has 1 N–H and O–H groups in total. The van der Waals surface area contributed by atoms with Crippen molar-refractivity contribution in [3.63, 3.8) is 0 Å². The first-order valence-corrected chi connectivity index (χ1v) is 9.24. The average Bonchev–Trinajstić information content (AvgIpc) is 3.05. The number of ketones is 1. The van der Waals surface area contributed by atoms with Crippen LogP contribution in [0.15, 0.2) is 30.3 Å². The lowest BCUT2D eigenvalue weighted by atomic mass is 9.76. The fraction of sp³-hybridized carbons (Fsp3) is 0.381. The lowest BCUT2D eigenvalue weighted by Gasteiger charge is -2.33. The maximum atomic E-state index is 13.3. The smallest absolute Gasteiger partial charge is 0.325 e. The van der Waals surface area contributed by atoms with E-state index in [4.69, 9.17) is 0 Å². The largest absolute Gasteiger partial charge is 0.351 e. The van der Waals surface area contributed by atoms with Crippen LogP contribution >= 0.6 is 0 Å². The summed E-state index contributed by atoms with van der Waals surface area (Å²) in [5.41, 5.74) is 3.26. The SMILES string of the molecule is Cc1cc(C(=O)CN2C(=O)N[C@]3(CCCc4ccccc43)C2=O)c(C)n1C. The summed E-state index contributed by atoms with van der Waals surface area (Å²) < 4.78 is 1.93. The molecule has 6 heteroatoms. The van der Waals surface area contributed by atoms with Gasteiger partial charge in [0.1, 0.15) is 5.54 Å². The molecule has 3 amide bonds. The second-order valence-electron chi connectivity index (χ2n) is 7.50. The van der Waals surface area contributed by atoms with Crippen LogP contribution in [0.3, 0.4) is 0 Å². The number of hydrogen-bond donors (Lipinski definition) is 1. The lowest BCUT2D eigenvalue weighted by Crippen LogP contribution is -2.46. The molecule has 1 spiro atoms. The average molecular weight is 365 g/mol. The molecule has 2 aromatic rings. The molecule has 0 saturated carbocycles. The number of benzene rings is 1. The van der Waals surface area contributed by atoms with E-state index in [1.165, 1.54) is 0 Å². The van der Waals surface area contributed by atoms with Crippen LogP contribution in [0.2, 0.25) is 0 Å². The van der Waals surface area contributed by atoms with Gasteiger partial charge in [-0.15, -0.1) is 0 Å². The van der Waals surface area contributed by atoms with Crippen LogP contribution in [0.4, 0.5) is 4.79 Å². The minimum atomic E-state index is -1.03. The zero-order valence-electron chi connectivity index (χ0n) is 15.8. The van der Waals surface area contributed by atoms with Crippen LogP contribution < -0.4 is 5.32 Å². The molecule has 1 atom stereocenters. The molecule has 0 bridgehead atoms. The number of nitrogens with zero attached hydrogens (tertiary/aromatic N) is 2. The Morgan fingerprint density at radius 1 is 1.22 bits per heavy atom. The predicted molar refractivity (Wildman–Crippen MR) is 101 cm³/mol. The number of rotatable bonds is 3. The third-order valence-corrected chi connectivity index (χ3v) is 6.03. The first-order valence-electron chi connectivity index (χ1n) is 9.24. The number of fused-ring (bicyclic) bond motifs is 2. The molecule has 1 aliphatic heterocycles. The minimum absolute atomic E-state index is 0.221. The Hall–Kier alpha value is -2.89. The Bertz CT molecular complexity index is 975. The Balaban J connectivity index is 1.65. The first kappa shape index (κ1) is 17.5. The van der Waals surface area contributed by atoms with E-state index in [9.17, 15) is 14.4 Å². The molecular weight excluding hydrogens is 342 g/mol. The molecular formula is C21H23N3O3. The van der Waals surface area contributed by atoms with Crippen LogP contribution in [0.1, 0.15) is 45.7 Å². The Morgan fingerprint density at radius 3 is 2.67 bits per heavy atom. The van der Waals surface area contributed by atoms with Crippen molar-refractivity contribution in [2.75, 3.05) is 6.54 Å². The van der Waals surface area contributed by atoms with Crippen molar-refractivity contribution < 1.29 is 14.4 Å². The van der Waals surface area contributed by atoms with Gasteiger partial charge in [-0.3, -0.25) is 14.5 Å². The molecule has 1 saturated heterocycles. The van der Waals surface area contributed by atoms with Crippen molar-refractivity contribution in [1.29, 1.82) is 0 Å². The highest BCUT2D eigenvalue weighted by Gasteiger charge is 2.54. The lowest BCUT2D eigenvalue weighted by molar-refractivity contribution is -0.131. The first-order chi connectivity index (χ1) is 12.8. The van der Waals surface area contributed by atoms with Crippen molar-refractivity contribution in [1.82, 2.24) is 14.8 Å². The van der Waals surface area contributed by atoms with Gasteiger partial charge in [-0.05, 0) is 50.3 Å². The van der Waals surface area contributed by atoms with E-state index in [1.807, 2.05) is 55.8 Å². The zero-order valence-corrected chi connectivity index (χ0v) is 15.8. The Morgan fingerprint density at radius 2 is 1.96 bits per heavy atom. The fourth-order valence-electron chi connectivity index (χ4n) is 4.32. The molecule has 2 aliphatic rings. The number of Topliss-reactive ketones (excluding diaryl/α,β-unsaturated/α-hetero) is 1. The van der Waals surface area contributed by atoms with Gasteiger partial charge in [-0.2, -0.15) is 0 Å².